The van der Waals surface area contributed by atoms with Gasteiger partial charge in [-0.15, -0.1) is 0 Å². The Morgan fingerprint density at radius 2 is 2.04 bits per heavy atom. The highest BCUT2D eigenvalue weighted by molar-refractivity contribution is 5.92. The molecule has 0 aromatic carbocycles. The van der Waals surface area contributed by atoms with Crippen molar-refractivity contribution >= 4 is 22.4 Å². The summed E-state index contributed by atoms with van der Waals surface area (Å²) < 4.78 is 11.0. The number of ether oxygens (including phenoxy) is 2. The van der Waals surface area contributed by atoms with Crippen LogP contribution < -0.4 is 5.32 Å². The third-order valence-corrected chi connectivity index (χ3v) is 3.43. The fourth-order valence-corrected chi connectivity index (χ4v) is 2.39. The second-order valence-corrected chi connectivity index (χ2v) is 5.06. The summed E-state index contributed by atoms with van der Waals surface area (Å²) in [6.07, 6.45) is 4.07. The summed E-state index contributed by atoms with van der Waals surface area (Å²) in [6, 6.07) is 3.52. The van der Waals surface area contributed by atoms with E-state index < -0.39 is 4.92 Å². The average Bonchev–Trinajstić information content (AvgIpc) is 2.58. The third kappa shape index (κ3) is 4.59. The molecule has 0 unspecified atom stereocenters. The molecule has 130 valence electrons. The van der Waals surface area contributed by atoms with Crippen molar-refractivity contribution in [3.63, 3.8) is 0 Å². The highest BCUT2D eigenvalue weighted by atomic mass is 16.7. The number of fused-ring (bicyclic) bond motifs is 1. The van der Waals surface area contributed by atoms with E-state index in [-0.39, 0.29) is 12.0 Å². The lowest BCUT2D eigenvalue weighted by atomic mass is 10.2. The lowest BCUT2D eigenvalue weighted by molar-refractivity contribution is -0.384. The molecule has 2 heterocycles. The van der Waals surface area contributed by atoms with E-state index in [0.717, 1.165) is 6.42 Å². The molecule has 0 aliphatic rings. The molecule has 0 bridgehead atoms. The minimum atomic E-state index is -0.452. The van der Waals surface area contributed by atoms with Gasteiger partial charge in [-0.1, -0.05) is 0 Å². The van der Waals surface area contributed by atoms with E-state index in [1.807, 2.05) is 13.8 Å². The quantitative estimate of drug-likeness (QED) is 0.308. The first-order valence-electron chi connectivity index (χ1n) is 8.02. The van der Waals surface area contributed by atoms with Crippen molar-refractivity contribution in [1.29, 1.82) is 0 Å². The molecule has 0 spiro atoms. The molecule has 0 saturated carbocycles. The smallest absolute Gasteiger partial charge is 0.312 e. The Morgan fingerprint density at radius 3 is 2.71 bits per heavy atom. The lowest BCUT2D eigenvalue weighted by Crippen LogP contribution is -2.18. The zero-order valence-electron chi connectivity index (χ0n) is 13.9. The number of pyridine rings is 2. The van der Waals surface area contributed by atoms with Gasteiger partial charge in [0, 0.05) is 32.4 Å². The summed E-state index contributed by atoms with van der Waals surface area (Å²) >= 11 is 0. The fraction of sp³-hybridized carbons (Fsp3) is 0.500. The maximum absolute atomic E-state index is 11.2. The van der Waals surface area contributed by atoms with Crippen molar-refractivity contribution in [2.45, 2.75) is 33.0 Å². The van der Waals surface area contributed by atoms with Gasteiger partial charge in [0.15, 0.2) is 6.29 Å². The van der Waals surface area contributed by atoms with Crippen LogP contribution in [0.1, 0.15) is 26.7 Å². The van der Waals surface area contributed by atoms with E-state index in [4.69, 9.17) is 9.47 Å². The number of nitro groups is 1. The number of hydrogen-bond donors (Lipinski definition) is 1. The molecule has 8 nitrogen and oxygen atoms in total. The molecule has 2 rings (SSSR count). The van der Waals surface area contributed by atoms with Crippen molar-refractivity contribution in [1.82, 2.24) is 9.97 Å². The van der Waals surface area contributed by atoms with Gasteiger partial charge in [0.1, 0.15) is 17.4 Å². The lowest BCUT2D eigenvalue weighted by Gasteiger charge is -2.17. The Kier molecular flexibility index (Phi) is 6.83. The molecule has 0 radical (unpaired) electrons. The molecular weight excluding hydrogens is 312 g/mol. The van der Waals surface area contributed by atoms with Crippen molar-refractivity contribution in [2.75, 3.05) is 25.1 Å². The minimum Gasteiger partial charge on any atom is -0.378 e. The van der Waals surface area contributed by atoms with Gasteiger partial charge in [0.2, 0.25) is 0 Å². The van der Waals surface area contributed by atoms with Crippen LogP contribution in [0.25, 0.3) is 11.0 Å². The average molecular weight is 334 g/mol. The second-order valence-electron chi connectivity index (χ2n) is 5.06. The highest BCUT2D eigenvalue weighted by Gasteiger charge is 2.18. The molecular formula is C16H22N4O4. The van der Waals surface area contributed by atoms with Gasteiger partial charge in [-0.3, -0.25) is 15.1 Å². The van der Waals surface area contributed by atoms with Crippen LogP contribution in [0.2, 0.25) is 0 Å². The van der Waals surface area contributed by atoms with Gasteiger partial charge in [0.05, 0.1) is 10.4 Å². The molecule has 0 fully saturated rings. The number of rotatable bonds is 10. The number of nitrogens with one attached hydrogen (secondary N) is 1. The van der Waals surface area contributed by atoms with Crippen LogP contribution in [0.5, 0.6) is 0 Å². The summed E-state index contributed by atoms with van der Waals surface area (Å²) in [5.41, 5.74) is 1.44. The zero-order chi connectivity index (χ0) is 17.4. The fourth-order valence-electron chi connectivity index (χ4n) is 2.39. The SMILES string of the molecule is CCOC(CCCNc1c([N+](=O)[O-])cnc2cccnc12)OCC. The van der Waals surface area contributed by atoms with Gasteiger partial charge >= 0.3 is 5.69 Å². The Balaban J connectivity index is 2.06. The van der Waals surface area contributed by atoms with Crippen LogP contribution in [-0.4, -0.2) is 40.9 Å². The molecule has 0 atom stereocenters. The number of hydrogen-bond acceptors (Lipinski definition) is 7. The van der Waals surface area contributed by atoms with Crippen LogP contribution in [-0.2, 0) is 9.47 Å². The second kappa shape index (κ2) is 9.09. The number of aromatic nitrogens is 2. The molecule has 8 heteroatoms. The van der Waals surface area contributed by atoms with Gasteiger partial charge in [-0.2, -0.15) is 0 Å². The predicted molar refractivity (Wildman–Crippen MR) is 91.0 cm³/mol. The van der Waals surface area contributed by atoms with E-state index in [1.165, 1.54) is 6.20 Å². The first kappa shape index (κ1) is 18.0. The summed E-state index contributed by atoms with van der Waals surface area (Å²) in [6.45, 7) is 5.56. The van der Waals surface area contributed by atoms with Crippen LogP contribution >= 0.6 is 0 Å². The van der Waals surface area contributed by atoms with Crippen molar-refractivity contribution in [3.05, 3.63) is 34.6 Å². The summed E-state index contributed by atoms with van der Waals surface area (Å²) in [4.78, 5) is 19.1. The third-order valence-electron chi connectivity index (χ3n) is 3.43. The largest absolute Gasteiger partial charge is 0.378 e. The molecule has 2 aromatic heterocycles. The van der Waals surface area contributed by atoms with Gasteiger partial charge < -0.3 is 14.8 Å². The molecule has 2 aromatic rings. The van der Waals surface area contributed by atoms with E-state index in [1.54, 1.807) is 18.3 Å². The minimum absolute atomic E-state index is 0.0765. The Bertz CT molecular complexity index is 674. The summed E-state index contributed by atoms with van der Waals surface area (Å²) in [5, 5.41) is 14.4. The monoisotopic (exact) mass is 334 g/mol. The van der Waals surface area contributed by atoms with Crippen LogP contribution in [0.3, 0.4) is 0 Å². The van der Waals surface area contributed by atoms with E-state index in [9.17, 15) is 10.1 Å². The van der Waals surface area contributed by atoms with Gasteiger partial charge in [-0.05, 0) is 32.4 Å². The summed E-state index contributed by atoms with van der Waals surface area (Å²) in [7, 11) is 0. The number of anilines is 1. The van der Waals surface area contributed by atoms with Crippen LogP contribution in [0, 0.1) is 10.1 Å². The predicted octanol–water partition coefficient (Wildman–Crippen LogP) is 3.13. The Morgan fingerprint density at radius 1 is 1.29 bits per heavy atom. The zero-order valence-corrected chi connectivity index (χ0v) is 13.9. The van der Waals surface area contributed by atoms with Gasteiger partial charge in [0.25, 0.3) is 0 Å². The van der Waals surface area contributed by atoms with Gasteiger partial charge in [-0.25, -0.2) is 4.98 Å². The maximum atomic E-state index is 11.2. The maximum Gasteiger partial charge on any atom is 0.312 e. The van der Waals surface area contributed by atoms with Crippen molar-refractivity contribution in [2.24, 2.45) is 0 Å². The summed E-state index contributed by atoms with van der Waals surface area (Å²) in [5.74, 6) is 0. The van der Waals surface area contributed by atoms with E-state index >= 15 is 0 Å². The topological polar surface area (TPSA) is 99.4 Å². The molecule has 0 amide bonds. The van der Waals surface area contributed by atoms with Crippen molar-refractivity contribution < 1.29 is 14.4 Å². The molecule has 1 N–H and O–H groups in total. The first-order chi connectivity index (χ1) is 11.7. The standard InChI is InChI=1S/C16H22N4O4/c1-3-23-14(24-4-2)8-6-10-18-16-13(20(21)22)11-19-12-7-5-9-17-15(12)16/h5,7,9,11,14H,3-4,6,8,10H2,1-2H3,(H,18,19). The first-order valence-corrected chi connectivity index (χ1v) is 8.02. The Labute approximate surface area is 140 Å². The number of nitrogens with zero attached hydrogens (tertiary/aromatic N) is 3. The molecule has 0 aliphatic carbocycles. The normalized spacial score (nSPS) is 11.1. The van der Waals surface area contributed by atoms with Crippen LogP contribution in [0.4, 0.5) is 11.4 Å². The van der Waals surface area contributed by atoms with E-state index in [0.29, 0.717) is 42.9 Å². The molecule has 24 heavy (non-hydrogen) atoms. The van der Waals surface area contributed by atoms with Crippen molar-refractivity contribution in [3.8, 4) is 0 Å². The van der Waals surface area contributed by atoms with Crippen LogP contribution in [0.15, 0.2) is 24.5 Å². The van der Waals surface area contributed by atoms with E-state index in [2.05, 4.69) is 15.3 Å². The Hall–Kier alpha value is -2.32. The molecule has 0 saturated heterocycles. The molecule has 0 aliphatic heterocycles. The highest BCUT2D eigenvalue weighted by Crippen LogP contribution is 2.29.